The van der Waals surface area contributed by atoms with E-state index in [0.717, 1.165) is 31.4 Å². The molecular weight excluding hydrogens is 546 g/mol. The first-order valence-corrected chi connectivity index (χ1v) is 16.8. The van der Waals surface area contributed by atoms with Gasteiger partial charge >= 0.3 is 0 Å². The molecule has 222 valence electrons. The lowest BCUT2D eigenvalue weighted by molar-refractivity contribution is 0.210. The second kappa shape index (κ2) is 10.8. The maximum Gasteiger partial charge on any atom is 0.132 e. The molecule has 0 aromatic heterocycles. The summed E-state index contributed by atoms with van der Waals surface area (Å²) in [5.41, 5.74) is 12.5. The van der Waals surface area contributed by atoms with Gasteiger partial charge < -0.3 is 9.64 Å². The van der Waals surface area contributed by atoms with Crippen LogP contribution in [0.4, 0.5) is 0 Å². The van der Waals surface area contributed by atoms with E-state index in [1.807, 2.05) is 0 Å². The molecule has 9 rings (SSSR count). The van der Waals surface area contributed by atoms with Crippen LogP contribution >= 0.6 is 0 Å². The molecule has 0 amide bonds. The lowest BCUT2D eigenvalue weighted by Gasteiger charge is -2.43. The Morgan fingerprint density at radius 1 is 0.756 bits per heavy atom. The van der Waals surface area contributed by atoms with Crippen molar-refractivity contribution < 1.29 is 4.74 Å². The second-order valence-corrected chi connectivity index (χ2v) is 13.4. The second-order valence-electron chi connectivity index (χ2n) is 13.4. The smallest absolute Gasteiger partial charge is 0.132 e. The van der Waals surface area contributed by atoms with Gasteiger partial charge in [0, 0.05) is 34.6 Å². The quantitative estimate of drug-likeness (QED) is 0.354. The highest BCUT2D eigenvalue weighted by Gasteiger charge is 2.45. The fourth-order valence-electron chi connectivity index (χ4n) is 8.71. The molecule has 5 aliphatic carbocycles. The van der Waals surface area contributed by atoms with Gasteiger partial charge in [-0.15, -0.1) is 0 Å². The van der Waals surface area contributed by atoms with Gasteiger partial charge in [-0.1, -0.05) is 134 Å². The van der Waals surface area contributed by atoms with Crippen molar-refractivity contribution in [2.45, 2.75) is 56.7 Å². The average Bonchev–Trinajstić information content (AvgIpc) is 3.65. The third-order valence-electron chi connectivity index (χ3n) is 10.9. The largest absolute Gasteiger partial charge is 0.484 e. The Bertz CT molecular complexity index is 1870. The number of nitrogens with zero attached hydrogens (tertiary/aromatic N) is 1. The lowest BCUT2D eigenvalue weighted by atomic mass is 9.77. The van der Waals surface area contributed by atoms with E-state index < -0.39 is 0 Å². The standard InChI is InChI=1S/C43H39NO/c1-28-37(30-15-6-3-7-16-30)26-32(29-13-4-2-5-14-29)27-41(28)44-39-21-10-8-17-34(39)38-25-31(23-24-40(38)44)33-19-12-20-36-35-18-9-11-22-42(35)45-43(33)36/h2-6,8-9,11-15,17-20,22-28,35,38,40-42H,7,10,16,21H2,1H3. The topological polar surface area (TPSA) is 12.5 Å². The van der Waals surface area contributed by atoms with Gasteiger partial charge in [-0.25, -0.2) is 0 Å². The molecule has 2 aromatic rings. The molecule has 0 spiro atoms. The zero-order valence-corrected chi connectivity index (χ0v) is 25.8. The summed E-state index contributed by atoms with van der Waals surface area (Å²) >= 11 is 0. The summed E-state index contributed by atoms with van der Waals surface area (Å²) in [6.45, 7) is 2.46. The molecule has 0 N–H and O–H groups in total. The summed E-state index contributed by atoms with van der Waals surface area (Å²) in [6, 6.07) is 18.3. The maximum atomic E-state index is 6.59. The fraction of sp³-hybridized carbons (Fsp3) is 0.256. The van der Waals surface area contributed by atoms with Crippen molar-refractivity contribution in [3.63, 3.8) is 0 Å². The zero-order valence-electron chi connectivity index (χ0n) is 25.8. The van der Waals surface area contributed by atoms with Gasteiger partial charge in [0.1, 0.15) is 11.9 Å². The van der Waals surface area contributed by atoms with E-state index in [1.165, 1.54) is 50.3 Å². The van der Waals surface area contributed by atoms with Crippen molar-refractivity contribution in [3.05, 3.63) is 173 Å². The van der Waals surface area contributed by atoms with E-state index in [0.29, 0.717) is 23.8 Å². The Hall–Kier alpha value is -4.56. The van der Waals surface area contributed by atoms with Crippen molar-refractivity contribution in [1.82, 2.24) is 4.90 Å². The molecule has 7 aliphatic rings. The number of ether oxygens (including phenoxy) is 1. The van der Waals surface area contributed by atoms with Crippen LogP contribution in [-0.4, -0.2) is 23.1 Å². The lowest BCUT2D eigenvalue weighted by Crippen LogP contribution is -2.45. The van der Waals surface area contributed by atoms with Crippen LogP contribution in [-0.2, 0) is 0 Å². The van der Waals surface area contributed by atoms with Crippen LogP contribution < -0.4 is 4.74 Å². The van der Waals surface area contributed by atoms with Gasteiger partial charge in [-0.05, 0) is 65.2 Å². The van der Waals surface area contributed by atoms with Gasteiger partial charge in [0.25, 0.3) is 0 Å². The van der Waals surface area contributed by atoms with Gasteiger partial charge in [0.05, 0.1) is 12.1 Å². The first-order valence-electron chi connectivity index (χ1n) is 16.8. The molecule has 6 unspecified atom stereocenters. The van der Waals surface area contributed by atoms with Gasteiger partial charge in [0.2, 0.25) is 0 Å². The molecule has 0 saturated heterocycles. The number of hydrogen-bond acceptors (Lipinski definition) is 2. The van der Waals surface area contributed by atoms with E-state index in [1.54, 1.807) is 0 Å². The average molecular weight is 586 g/mol. The Kier molecular flexibility index (Phi) is 6.44. The number of fused-ring (bicyclic) bond motifs is 5. The highest BCUT2D eigenvalue weighted by Crippen LogP contribution is 2.51. The monoisotopic (exact) mass is 585 g/mol. The van der Waals surface area contributed by atoms with Gasteiger partial charge in [-0.2, -0.15) is 0 Å². The van der Waals surface area contributed by atoms with Crippen LogP contribution in [0, 0.1) is 11.8 Å². The molecule has 2 nitrogen and oxygen atoms in total. The predicted octanol–water partition coefficient (Wildman–Crippen LogP) is 9.82. The minimum absolute atomic E-state index is 0.0973. The summed E-state index contributed by atoms with van der Waals surface area (Å²) in [6.07, 6.45) is 37.5. The van der Waals surface area contributed by atoms with Crippen LogP contribution in [0.2, 0.25) is 0 Å². The molecule has 2 aromatic carbocycles. The maximum absolute atomic E-state index is 6.59. The molecule has 6 atom stereocenters. The van der Waals surface area contributed by atoms with E-state index in [-0.39, 0.29) is 12.1 Å². The molecule has 0 saturated carbocycles. The normalized spacial score (nSPS) is 30.6. The fourth-order valence-corrected chi connectivity index (χ4v) is 8.71. The zero-order chi connectivity index (χ0) is 29.9. The number of hydrogen-bond donors (Lipinski definition) is 0. The van der Waals surface area contributed by atoms with E-state index in [2.05, 4.69) is 145 Å². The van der Waals surface area contributed by atoms with Crippen molar-refractivity contribution in [2.24, 2.45) is 11.8 Å². The van der Waals surface area contributed by atoms with Crippen molar-refractivity contribution in [1.29, 1.82) is 0 Å². The highest BCUT2D eigenvalue weighted by atomic mass is 16.5. The summed E-state index contributed by atoms with van der Waals surface area (Å²) in [7, 11) is 0. The predicted molar refractivity (Wildman–Crippen MR) is 185 cm³/mol. The molecule has 2 heteroatoms. The number of rotatable bonds is 4. The van der Waals surface area contributed by atoms with Crippen LogP contribution in [0.5, 0.6) is 5.75 Å². The Labute approximate surface area is 267 Å². The van der Waals surface area contributed by atoms with Crippen molar-refractivity contribution in [3.8, 4) is 5.75 Å². The van der Waals surface area contributed by atoms with Crippen LogP contribution in [0.1, 0.15) is 55.2 Å². The highest BCUT2D eigenvalue weighted by molar-refractivity contribution is 5.82. The molecule has 0 radical (unpaired) electrons. The number of para-hydroxylation sites is 1. The van der Waals surface area contributed by atoms with E-state index in [9.17, 15) is 0 Å². The van der Waals surface area contributed by atoms with Crippen molar-refractivity contribution >= 4 is 11.1 Å². The van der Waals surface area contributed by atoms with Crippen LogP contribution in [0.15, 0.2) is 156 Å². The molecule has 2 aliphatic heterocycles. The first kappa shape index (κ1) is 26.8. The van der Waals surface area contributed by atoms with Crippen LogP contribution in [0.25, 0.3) is 11.1 Å². The first-order chi connectivity index (χ1) is 22.2. The summed E-state index contributed by atoms with van der Waals surface area (Å²) < 4.78 is 6.59. The third-order valence-corrected chi connectivity index (χ3v) is 10.9. The molecule has 0 fully saturated rings. The Morgan fingerprint density at radius 2 is 1.64 bits per heavy atom. The number of allylic oxidation sites excluding steroid dienone is 13. The summed E-state index contributed by atoms with van der Waals surface area (Å²) in [4.78, 5) is 2.81. The van der Waals surface area contributed by atoms with Gasteiger partial charge in [0.15, 0.2) is 0 Å². The Balaban J connectivity index is 1.12. The third kappa shape index (κ3) is 4.37. The van der Waals surface area contributed by atoms with Crippen LogP contribution in [0.3, 0.4) is 0 Å². The summed E-state index contributed by atoms with van der Waals surface area (Å²) in [5, 5.41) is 0. The Morgan fingerprint density at radius 3 is 2.53 bits per heavy atom. The number of benzene rings is 2. The van der Waals surface area contributed by atoms with Crippen molar-refractivity contribution in [2.75, 3.05) is 0 Å². The molecular formula is C43H39NO. The summed E-state index contributed by atoms with van der Waals surface area (Å²) in [5.74, 6) is 2.08. The van der Waals surface area contributed by atoms with E-state index in [4.69, 9.17) is 4.74 Å². The van der Waals surface area contributed by atoms with E-state index >= 15 is 0 Å². The molecule has 45 heavy (non-hydrogen) atoms. The molecule has 2 heterocycles. The minimum atomic E-state index is 0.0973. The van der Waals surface area contributed by atoms with Gasteiger partial charge in [-0.3, -0.25) is 0 Å². The SMILES string of the molecule is CC1C(C2=CC=CCC2)=CC(c2ccccc2)=CC1N1C2=C(C=CCC2)C2C=C(c3cccc4c3OC3C=CC=CC43)C=CC21. The molecule has 0 bridgehead atoms. The minimum Gasteiger partial charge on any atom is -0.484 e.